The number of hydrogen-bond donors (Lipinski definition) is 0. The monoisotopic (exact) mass is 342 g/mol. The van der Waals surface area contributed by atoms with Gasteiger partial charge in [0.2, 0.25) is 5.91 Å². The van der Waals surface area contributed by atoms with Crippen LogP contribution in [-0.2, 0) is 4.79 Å². The van der Waals surface area contributed by atoms with Gasteiger partial charge in [0.25, 0.3) is 0 Å². The zero-order valence-corrected chi connectivity index (χ0v) is 14.0. The van der Waals surface area contributed by atoms with Crippen molar-refractivity contribution in [3.63, 3.8) is 0 Å². The van der Waals surface area contributed by atoms with Crippen molar-refractivity contribution >= 4 is 23.3 Å². The van der Waals surface area contributed by atoms with Crippen molar-refractivity contribution in [1.29, 1.82) is 0 Å². The van der Waals surface area contributed by atoms with E-state index in [4.69, 9.17) is 9.47 Å². The van der Waals surface area contributed by atoms with Crippen LogP contribution < -0.4 is 9.47 Å². The average molecular weight is 342 g/mol. The molecule has 0 saturated carbocycles. The molecule has 2 aliphatic rings. The molecule has 0 radical (unpaired) electrons. The van der Waals surface area contributed by atoms with Gasteiger partial charge in [-0.05, 0) is 25.0 Å². The zero-order valence-electron chi connectivity index (χ0n) is 13.2. The quantitative estimate of drug-likeness (QED) is 0.803. The highest BCUT2D eigenvalue weighted by Gasteiger charge is 2.32. The first-order chi connectivity index (χ1) is 11.8. The second-order valence-electron chi connectivity index (χ2n) is 5.81. The van der Waals surface area contributed by atoms with Gasteiger partial charge in [0, 0.05) is 23.6 Å². The van der Waals surface area contributed by atoms with Crippen LogP contribution in [0.15, 0.2) is 35.2 Å². The van der Waals surface area contributed by atoms with E-state index in [2.05, 4.69) is 4.98 Å². The second-order valence-corrected chi connectivity index (χ2v) is 6.53. The van der Waals surface area contributed by atoms with Crippen LogP contribution in [0.25, 0.3) is 6.08 Å². The van der Waals surface area contributed by atoms with E-state index in [0.717, 1.165) is 42.1 Å². The number of hydrogen-bond acceptors (Lipinski definition) is 5. The van der Waals surface area contributed by atoms with E-state index in [1.165, 1.54) is 11.3 Å². The number of ether oxygens (including phenoxy) is 2. The normalized spacial score (nSPS) is 19.8. The molecule has 0 aliphatic carbocycles. The molecule has 4 rings (SSSR count). The number of carbonyl (C=O) groups is 1. The van der Waals surface area contributed by atoms with Crippen LogP contribution in [0.2, 0.25) is 0 Å². The predicted molar refractivity (Wildman–Crippen MR) is 92.3 cm³/mol. The second kappa shape index (κ2) is 6.65. The van der Waals surface area contributed by atoms with Gasteiger partial charge in [0.1, 0.15) is 13.2 Å². The molecule has 1 aromatic heterocycles. The summed E-state index contributed by atoms with van der Waals surface area (Å²) in [6, 6.07) is 5.96. The maximum atomic E-state index is 12.6. The van der Waals surface area contributed by atoms with Crippen molar-refractivity contribution in [3.8, 4) is 11.5 Å². The van der Waals surface area contributed by atoms with Gasteiger partial charge in [-0.15, -0.1) is 11.3 Å². The van der Waals surface area contributed by atoms with E-state index >= 15 is 0 Å². The van der Waals surface area contributed by atoms with Crippen LogP contribution in [0.1, 0.15) is 30.1 Å². The molecule has 1 amide bonds. The summed E-state index contributed by atoms with van der Waals surface area (Å²) in [5, 5.41) is 1.92. The Morgan fingerprint density at radius 1 is 1.33 bits per heavy atom. The van der Waals surface area contributed by atoms with Crippen LogP contribution in [-0.4, -0.2) is 35.5 Å². The van der Waals surface area contributed by atoms with E-state index in [1.54, 1.807) is 17.7 Å². The lowest BCUT2D eigenvalue weighted by molar-refractivity contribution is -0.126. The number of nitrogens with zero attached hydrogens (tertiary/aromatic N) is 2. The van der Waals surface area contributed by atoms with Crippen LogP contribution in [0.3, 0.4) is 0 Å². The van der Waals surface area contributed by atoms with E-state index in [1.807, 2.05) is 28.5 Å². The zero-order chi connectivity index (χ0) is 16.4. The maximum Gasteiger partial charge on any atom is 0.247 e. The first kappa shape index (κ1) is 15.2. The van der Waals surface area contributed by atoms with Crippen molar-refractivity contribution < 1.29 is 14.3 Å². The Morgan fingerprint density at radius 2 is 2.25 bits per heavy atom. The van der Waals surface area contributed by atoms with Crippen LogP contribution >= 0.6 is 11.3 Å². The topological polar surface area (TPSA) is 51.7 Å². The van der Waals surface area contributed by atoms with E-state index < -0.39 is 0 Å². The molecule has 24 heavy (non-hydrogen) atoms. The molecule has 6 heteroatoms. The number of rotatable bonds is 3. The van der Waals surface area contributed by atoms with Gasteiger partial charge >= 0.3 is 0 Å². The summed E-state index contributed by atoms with van der Waals surface area (Å²) in [6.07, 6.45) is 5.32. The first-order valence-electron chi connectivity index (χ1n) is 8.08. The minimum Gasteiger partial charge on any atom is -0.486 e. The average Bonchev–Trinajstić information content (AvgIpc) is 3.31. The van der Waals surface area contributed by atoms with Gasteiger partial charge in [0.15, 0.2) is 11.5 Å². The fourth-order valence-electron chi connectivity index (χ4n) is 3.27. The maximum absolute atomic E-state index is 12.6. The van der Waals surface area contributed by atoms with E-state index in [-0.39, 0.29) is 11.9 Å². The molecule has 1 atom stereocenters. The fraction of sp³-hybridized carbons (Fsp3) is 0.333. The first-order valence-corrected chi connectivity index (χ1v) is 9.02. The van der Waals surface area contributed by atoms with Crippen molar-refractivity contribution in [2.24, 2.45) is 0 Å². The minimum absolute atomic E-state index is 0.0137. The van der Waals surface area contributed by atoms with Gasteiger partial charge in [-0.1, -0.05) is 12.1 Å². The van der Waals surface area contributed by atoms with Gasteiger partial charge in [-0.25, -0.2) is 4.98 Å². The number of carbonyl (C=O) groups excluding carboxylic acids is 1. The van der Waals surface area contributed by atoms with Crippen molar-refractivity contribution in [2.45, 2.75) is 18.9 Å². The summed E-state index contributed by atoms with van der Waals surface area (Å²) in [5.74, 6) is 1.58. The SMILES string of the molecule is O=C(C=Cc1cscn1)N1CCCC1c1cccc2c1OCCO2. The summed E-state index contributed by atoms with van der Waals surface area (Å²) in [7, 11) is 0. The molecular weight excluding hydrogens is 324 g/mol. The number of benzene rings is 1. The Morgan fingerprint density at radius 3 is 3.12 bits per heavy atom. The Hall–Kier alpha value is -2.34. The van der Waals surface area contributed by atoms with Gasteiger partial charge in [-0.3, -0.25) is 4.79 Å². The molecule has 0 spiro atoms. The number of amides is 1. The summed E-state index contributed by atoms with van der Waals surface area (Å²) in [5.41, 5.74) is 3.62. The standard InChI is InChI=1S/C18H18N2O3S/c21-17(7-6-13-11-24-12-19-13)20-8-2-4-15(20)14-3-1-5-16-18(14)23-10-9-22-16/h1,3,5-7,11-12,15H,2,4,8-10H2. The molecule has 5 nitrogen and oxygen atoms in total. The molecule has 124 valence electrons. The lowest BCUT2D eigenvalue weighted by Crippen LogP contribution is -2.29. The van der Waals surface area contributed by atoms with Gasteiger partial charge in [-0.2, -0.15) is 0 Å². The number of fused-ring (bicyclic) bond motifs is 1. The minimum atomic E-state index is 0.0137. The molecule has 1 unspecified atom stereocenters. The third-order valence-corrected chi connectivity index (χ3v) is 4.94. The summed E-state index contributed by atoms with van der Waals surface area (Å²) in [6.45, 7) is 1.88. The van der Waals surface area contributed by atoms with Crippen LogP contribution in [0.5, 0.6) is 11.5 Å². The summed E-state index contributed by atoms with van der Waals surface area (Å²) < 4.78 is 11.5. The van der Waals surface area contributed by atoms with E-state index in [9.17, 15) is 4.79 Å². The third kappa shape index (κ3) is 2.89. The van der Waals surface area contributed by atoms with Gasteiger partial charge < -0.3 is 14.4 Å². The largest absolute Gasteiger partial charge is 0.486 e. The Labute approximate surface area is 144 Å². The fourth-order valence-corrected chi connectivity index (χ4v) is 3.79. The Balaban J connectivity index is 1.58. The van der Waals surface area contributed by atoms with Crippen molar-refractivity contribution in [3.05, 3.63) is 46.4 Å². The Bertz CT molecular complexity index is 758. The Kier molecular flexibility index (Phi) is 4.21. The summed E-state index contributed by atoms with van der Waals surface area (Å²) >= 11 is 1.52. The summed E-state index contributed by atoms with van der Waals surface area (Å²) in [4.78, 5) is 18.7. The van der Waals surface area contributed by atoms with Crippen LogP contribution in [0, 0.1) is 0 Å². The molecule has 1 saturated heterocycles. The molecule has 1 aromatic carbocycles. The number of likely N-dealkylation sites (tertiary alicyclic amines) is 1. The molecule has 2 aliphatic heterocycles. The smallest absolute Gasteiger partial charge is 0.247 e. The molecule has 3 heterocycles. The van der Waals surface area contributed by atoms with Crippen LogP contribution in [0.4, 0.5) is 0 Å². The molecule has 1 fully saturated rings. The van der Waals surface area contributed by atoms with E-state index in [0.29, 0.717) is 13.2 Å². The lowest BCUT2D eigenvalue weighted by Gasteiger charge is -2.28. The number of para-hydroxylation sites is 1. The third-order valence-electron chi connectivity index (χ3n) is 4.34. The van der Waals surface area contributed by atoms with Gasteiger partial charge in [0.05, 0.1) is 17.2 Å². The molecule has 2 aromatic rings. The molecule has 0 bridgehead atoms. The highest BCUT2D eigenvalue weighted by molar-refractivity contribution is 7.07. The highest BCUT2D eigenvalue weighted by Crippen LogP contribution is 2.42. The van der Waals surface area contributed by atoms with Crippen molar-refractivity contribution in [1.82, 2.24) is 9.88 Å². The number of thiazole rings is 1. The number of aromatic nitrogens is 1. The molecule has 0 N–H and O–H groups in total. The van der Waals surface area contributed by atoms with Crippen molar-refractivity contribution in [2.75, 3.05) is 19.8 Å². The lowest BCUT2D eigenvalue weighted by atomic mass is 10.0. The highest BCUT2D eigenvalue weighted by atomic mass is 32.1. The molecular formula is C18H18N2O3S. The predicted octanol–water partition coefficient (Wildman–Crippen LogP) is 3.29.